The van der Waals surface area contributed by atoms with Crippen molar-refractivity contribution in [2.24, 2.45) is 0 Å². The second-order valence-corrected chi connectivity index (χ2v) is 6.29. The van der Waals surface area contributed by atoms with Crippen LogP contribution in [-0.4, -0.2) is 32.8 Å². The van der Waals surface area contributed by atoms with Gasteiger partial charge in [0.2, 0.25) is 5.15 Å². The molecule has 0 spiro atoms. The highest BCUT2D eigenvalue weighted by atomic mass is 35.5. The SMILES string of the molecule is C[NH+]1CCc2c(C#N)c(Cl)[nH+]c(NC[C@H]3CCCO3)c2C1. The van der Waals surface area contributed by atoms with Gasteiger partial charge in [0.15, 0.2) is 0 Å². The lowest BCUT2D eigenvalue weighted by Crippen LogP contribution is -3.08. The van der Waals surface area contributed by atoms with Gasteiger partial charge in [0.1, 0.15) is 24.7 Å². The van der Waals surface area contributed by atoms with Gasteiger partial charge in [0, 0.05) is 13.0 Å². The molecule has 0 aromatic carbocycles. The van der Waals surface area contributed by atoms with Crippen molar-refractivity contribution in [3.63, 3.8) is 0 Å². The largest absolute Gasteiger partial charge is 0.374 e. The van der Waals surface area contributed by atoms with E-state index in [9.17, 15) is 5.26 Å². The Labute approximate surface area is 129 Å². The summed E-state index contributed by atoms with van der Waals surface area (Å²) in [5.74, 6) is 0.948. The number of halogens is 1. The average molecular weight is 309 g/mol. The van der Waals surface area contributed by atoms with E-state index in [-0.39, 0.29) is 6.10 Å². The Kier molecular flexibility index (Phi) is 4.29. The van der Waals surface area contributed by atoms with Crippen LogP contribution in [0.3, 0.4) is 0 Å². The van der Waals surface area contributed by atoms with Gasteiger partial charge in [-0.1, -0.05) is 0 Å². The lowest BCUT2D eigenvalue weighted by atomic mass is 9.97. The molecule has 2 aliphatic rings. The highest BCUT2D eigenvalue weighted by Crippen LogP contribution is 2.25. The summed E-state index contributed by atoms with van der Waals surface area (Å²) >= 11 is 6.24. The van der Waals surface area contributed by atoms with Crippen molar-refractivity contribution < 1.29 is 14.6 Å². The van der Waals surface area contributed by atoms with Crippen molar-refractivity contribution >= 4 is 17.4 Å². The van der Waals surface area contributed by atoms with Gasteiger partial charge in [0.25, 0.3) is 5.82 Å². The lowest BCUT2D eigenvalue weighted by Gasteiger charge is -2.23. The van der Waals surface area contributed by atoms with Gasteiger partial charge in [-0.2, -0.15) is 5.26 Å². The Morgan fingerprint density at radius 1 is 1.52 bits per heavy atom. The predicted octanol–water partition coefficient (Wildman–Crippen LogP) is 0.187. The van der Waals surface area contributed by atoms with E-state index in [1.165, 1.54) is 10.5 Å². The number of fused-ring (bicyclic) bond motifs is 1. The number of aromatic amines is 1. The van der Waals surface area contributed by atoms with Gasteiger partial charge in [-0.3, -0.25) is 5.32 Å². The normalized spacial score (nSPS) is 24.4. The first-order chi connectivity index (χ1) is 10.2. The maximum absolute atomic E-state index is 9.33. The van der Waals surface area contributed by atoms with Crippen molar-refractivity contribution in [2.75, 3.05) is 32.1 Å². The molecule has 0 radical (unpaired) electrons. The van der Waals surface area contributed by atoms with E-state index in [4.69, 9.17) is 16.3 Å². The maximum atomic E-state index is 9.33. The fourth-order valence-corrected chi connectivity index (χ4v) is 3.42. The van der Waals surface area contributed by atoms with E-state index in [1.54, 1.807) is 0 Å². The zero-order chi connectivity index (χ0) is 14.8. The lowest BCUT2D eigenvalue weighted by molar-refractivity contribution is -0.895. The van der Waals surface area contributed by atoms with Crippen molar-refractivity contribution in [1.82, 2.24) is 0 Å². The second kappa shape index (κ2) is 6.18. The number of aromatic nitrogens is 1. The average Bonchev–Trinajstić information content (AvgIpc) is 2.98. The number of nitrogens with one attached hydrogen (secondary N) is 3. The summed E-state index contributed by atoms with van der Waals surface area (Å²) in [6, 6.07) is 2.24. The van der Waals surface area contributed by atoms with Crippen LogP contribution in [-0.2, 0) is 17.7 Å². The number of nitriles is 1. The van der Waals surface area contributed by atoms with Gasteiger partial charge in [-0.05, 0) is 30.0 Å². The summed E-state index contributed by atoms with van der Waals surface area (Å²) in [5, 5.41) is 13.2. The molecule has 0 amide bonds. The molecule has 6 heteroatoms. The first-order valence-corrected chi connectivity index (χ1v) is 7.90. The predicted molar refractivity (Wildman–Crippen MR) is 79.3 cm³/mol. The van der Waals surface area contributed by atoms with Crippen molar-refractivity contribution in [2.45, 2.75) is 31.9 Å². The minimum atomic E-state index is 0.275. The van der Waals surface area contributed by atoms with Crippen LogP contribution in [0.15, 0.2) is 0 Å². The summed E-state index contributed by atoms with van der Waals surface area (Å²) in [7, 11) is 2.17. The summed E-state index contributed by atoms with van der Waals surface area (Å²) in [6.45, 7) is 3.58. The van der Waals surface area contributed by atoms with Crippen molar-refractivity contribution in [3.05, 3.63) is 21.8 Å². The summed E-state index contributed by atoms with van der Waals surface area (Å²) < 4.78 is 5.65. The Bertz CT molecular complexity index is 578. The molecule has 21 heavy (non-hydrogen) atoms. The van der Waals surface area contributed by atoms with Gasteiger partial charge >= 0.3 is 0 Å². The molecule has 1 saturated heterocycles. The quantitative estimate of drug-likeness (QED) is 0.784. The third kappa shape index (κ3) is 2.98. The van der Waals surface area contributed by atoms with Gasteiger partial charge in [-0.25, -0.2) is 4.98 Å². The number of anilines is 1. The molecule has 5 nitrogen and oxygen atoms in total. The molecule has 2 aliphatic heterocycles. The summed E-state index contributed by atoms with van der Waals surface area (Å²) in [5.41, 5.74) is 2.89. The monoisotopic (exact) mass is 308 g/mol. The van der Waals surface area contributed by atoms with Crippen LogP contribution >= 0.6 is 11.6 Å². The molecule has 112 valence electrons. The molecule has 1 fully saturated rings. The topological polar surface area (TPSA) is 63.6 Å². The zero-order valence-corrected chi connectivity index (χ0v) is 13.0. The van der Waals surface area contributed by atoms with E-state index in [1.807, 2.05) is 0 Å². The molecule has 3 N–H and O–H groups in total. The number of H-pyrrole nitrogens is 1. The minimum absolute atomic E-state index is 0.275. The third-order valence-electron chi connectivity index (χ3n) is 4.34. The number of hydrogen-bond acceptors (Lipinski definition) is 3. The van der Waals surface area contributed by atoms with E-state index < -0.39 is 0 Å². The molecule has 1 aromatic rings. The van der Waals surface area contributed by atoms with E-state index in [0.29, 0.717) is 10.7 Å². The molecule has 1 unspecified atom stereocenters. The van der Waals surface area contributed by atoms with Gasteiger partial charge in [0.05, 0.1) is 25.3 Å². The first kappa shape index (κ1) is 14.6. The van der Waals surface area contributed by atoms with Crippen LogP contribution < -0.4 is 15.2 Å². The van der Waals surface area contributed by atoms with Crippen molar-refractivity contribution in [1.29, 1.82) is 5.26 Å². The van der Waals surface area contributed by atoms with Crippen LogP contribution in [0.4, 0.5) is 5.82 Å². The number of nitrogens with zero attached hydrogens (tertiary/aromatic N) is 1. The Morgan fingerprint density at radius 3 is 3.10 bits per heavy atom. The van der Waals surface area contributed by atoms with E-state index in [0.717, 1.165) is 56.9 Å². The number of rotatable bonds is 3. The number of ether oxygens (including phenoxy) is 1. The maximum Gasteiger partial charge on any atom is 0.282 e. The number of hydrogen-bond donors (Lipinski definition) is 2. The second-order valence-electron chi connectivity index (χ2n) is 5.91. The van der Waals surface area contributed by atoms with Gasteiger partial charge in [-0.15, -0.1) is 0 Å². The molecule has 3 rings (SSSR count). The highest BCUT2D eigenvalue weighted by molar-refractivity contribution is 6.29. The molecular weight excluding hydrogens is 288 g/mol. The smallest absolute Gasteiger partial charge is 0.282 e. The molecule has 0 aliphatic carbocycles. The van der Waals surface area contributed by atoms with Crippen LogP contribution in [0.25, 0.3) is 0 Å². The molecule has 0 bridgehead atoms. The standard InChI is InChI=1S/C15H19ClN4O/c1-20-5-4-11-12(7-17)14(16)19-15(13(11)9-20)18-8-10-3-2-6-21-10/h10H,2-6,8-9H2,1H3,(H,18,19)/p+2/t10-/m1/s1. The fraction of sp³-hybridized carbons (Fsp3) is 0.600. The van der Waals surface area contributed by atoms with Crippen LogP contribution in [0, 0.1) is 11.3 Å². The van der Waals surface area contributed by atoms with Crippen molar-refractivity contribution in [3.8, 4) is 6.07 Å². The zero-order valence-electron chi connectivity index (χ0n) is 12.3. The van der Waals surface area contributed by atoms with Crippen LogP contribution in [0.2, 0.25) is 5.15 Å². The Morgan fingerprint density at radius 2 is 2.38 bits per heavy atom. The highest BCUT2D eigenvalue weighted by Gasteiger charge is 2.29. The molecule has 3 heterocycles. The molecular formula is C15H21ClN4O+2. The number of pyridine rings is 1. The fourth-order valence-electron chi connectivity index (χ4n) is 3.17. The Hall–Kier alpha value is -1.35. The molecule has 1 aromatic heterocycles. The Balaban J connectivity index is 1.88. The summed E-state index contributed by atoms with van der Waals surface area (Å²) in [6.07, 6.45) is 3.41. The van der Waals surface area contributed by atoms with Gasteiger partial charge < -0.3 is 9.64 Å². The van der Waals surface area contributed by atoms with Crippen LogP contribution in [0.5, 0.6) is 0 Å². The van der Waals surface area contributed by atoms with Crippen LogP contribution in [0.1, 0.15) is 29.5 Å². The molecule has 2 atom stereocenters. The summed E-state index contributed by atoms with van der Waals surface area (Å²) in [4.78, 5) is 4.61. The number of quaternary nitrogens is 1. The number of likely N-dealkylation sites (N-methyl/N-ethyl adjacent to an activating group) is 1. The third-order valence-corrected chi connectivity index (χ3v) is 4.63. The minimum Gasteiger partial charge on any atom is -0.374 e. The first-order valence-electron chi connectivity index (χ1n) is 7.52. The molecule has 0 saturated carbocycles. The van der Waals surface area contributed by atoms with E-state index >= 15 is 0 Å². The van der Waals surface area contributed by atoms with E-state index in [2.05, 4.69) is 23.4 Å².